The Kier molecular flexibility index (Phi) is 4.56. The topological polar surface area (TPSA) is 54.0 Å². The highest BCUT2D eigenvalue weighted by atomic mass is 16.7. The van der Waals surface area contributed by atoms with E-state index < -0.39 is 23.4 Å². The number of carbonyl (C=O) groups is 1. The predicted octanol–water partition coefficient (Wildman–Crippen LogP) is 3.81. The van der Waals surface area contributed by atoms with E-state index in [2.05, 4.69) is 0 Å². The first-order chi connectivity index (χ1) is 13.7. The molecule has 5 heteroatoms. The summed E-state index contributed by atoms with van der Waals surface area (Å²) in [4.78, 5) is 13.4. The molecule has 0 aromatic heterocycles. The first-order valence-corrected chi connectivity index (χ1v) is 9.82. The molecule has 0 radical (unpaired) electrons. The van der Waals surface area contributed by atoms with Crippen LogP contribution in [0.5, 0.6) is 0 Å². The van der Waals surface area contributed by atoms with Crippen LogP contribution in [0.15, 0.2) is 60.7 Å². The van der Waals surface area contributed by atoms with Gasteiger partial charge in [0.05, 0.1) is 37.3 Å². The van der Waals surface area contributed by atoms with Crippen molar-refractivity contribution >= 4 is 5.78 Å². The van der Waals surface area contributed by atoms with Crippen LogP contribution in [0.25, 0.3) is 0 Å². The number of hydrogen-bond donors (Lipinski definition) is 0. The van der Waals surface area contributed by atoms with E-state index >= 15 is 0 Å². The summed E-state index contributed by atoms with van der Waals surface area (Å²) in [7, 11) is 0. The van der Waals surface area contributed by atoms with Crippen molar-refractivity contribution in [3.05, 3.63) is 71.8 Å². The molecule has 0 unspecified atom stereocenters. The second-order valence-corrected chi connectivity index (χ2v) is 8.12. The van der Waals surface area contributed by atoms with Crippen molar-refractivity contribution in [1.29, 1.82) is 0 Å². The summed E-state index contributed by atoms with van der Waals surface area (Å²) in [5.41, 5.74) is 0.787. The van der Waals surface area contributed by atoms with Crippen LogP contribution in [0.1, 0.15) is 36.5 Å². The van der Waals surface area contributed by atoms with E-state index in [0.29, 0.717) is 26.4 Å². The third-order valence-electron chi connectivity index (χ3n) is 6.23. The Morgan fingerprint density at radius 2 is 0.964 bits per heavy atom. The molecule has 0 bridgehead atoms. The van der Waals surface area contributed by atoms with E-state index in [1.54, 1.807) is 0 Å². The molecule has 0 amide bonds. The molecule has 3 aliphatic rings. The quantitative estimate of drug-likeness (QED) is 0.793. The van der Waals surface area contributed by atoms with Crippen molar-refractivity contribution in [2.75, 3.05) is 26.4 Å². The van der Waals surface area contributed by atoms with Crippen LogP contribution < -0.4 is 0 Å². The second kappa shape index (κ2) is 7.08. The van der Waals surface area contributed by atoms with Gasteiger partial charge in [0.1, 0.15) is 0 Å². The van der Waals surface area contributed by atoms with Crippen LogP contribution in [0, 0.1) is 10.8 Å². The molecule has 0 atom stereocenters. The van der Waals surface area contributed by atoms with Crippen LogP contribution in [0.4, 0.5) is 0 Å². The summed E-state index contributed by atoms with van der Waals surface area (Å²) in [6.45, 7) is 1.54. The molecule has 28 heavy (non-hydrogen) atoms. The minimum Gasteiger partial charge on any atom is -0.347 e. The third-order valence-corrected chi connectivity index (χ3v) is 6.23. The van der Waals surface area contributed by atoms with Crippen molar-refractivity contribution in [1.82, 2.24) is 0 Å². The fraction of sp³-hybridized carbons (Fsp3) is 0.435. The van der Waals surface area contributed by atoms with Crippen LogP contribution >= 0.6 is 0 Å². The van der Waals surface area contributed by atoms with E-state index in [9.17, 15) is 4.79 Å². The van der Waals surface area contributed by atoms with Gasteiger partial charge in [-0.2, -0.15) is 0 Å². The maximum atomic E-state index is 13.4. The number of carbonyl (C=O) groups excluding carboxylic acids is 1. The number of rotatable bonds is 2. The summed E-state index contributed by atoms with van der Waals surface area (Å²) < 4.78 is 23.9. The molecule has 2 heterocycles. The van der Waals surface area contributed by atoms with Gasteiger partial charge in [0.25, 0.3) is 0 Å². The molecule has 146 valence electrons. The van der Waals surface area contributed by atoms with Crippen LogP contribution in [-0.4, -0.2) is 32.2 Å². The third kappa shape index (κ3) is 2.99. The molecular formula is C23H24O5. The summed E-state index contributed by atoms with van der Waals surface area (Å²) in [6.07, 6.45) is 0.682. The van der Waals surface area contributed by atoms with Gasteiger partial charge in [-0.1, -0.05) is 60.7 Å². The molecule has 2 aromatic rings. The van der Waals surface area contributed by atoms with E-state index in [-0.39, 0.29) is 5.78 Å². The lowest BCUT2D eigenvalue weighted by molar-refractivity contribution is -0.240. The van der Waals surface area contributed by atoms with Gasteiger partial charge in [-0.25, -0.2) is 0 Å². The van der Waals surface area contributed by atoms with Gasteiger partial charge in [-0.05, 0) is 12.8 Å². The Bertz CT molecular complexity index is 749. The van der Waals surface area contributed by atoms with Gasteiger partial charge in [0, 0.05) is 11.1 Å². The molecule has 1 saturated carbocycles. The molecule has 1 aliphatic carbocycles. The smallest absolute Gasteiger partial charge is 0.183 e. The largest absolute Gasteiger partial charge is 0.347 e. The van der Waals surface area contributed by atoms with Crippen LogP contribution in [-0.2, 0) is 23.7 Å². The Morgan fingerprint density at radius 3 is 1.32 bits per heavy atom. The van der Waals surface area contributed by atoms with Gasteiger partial charge in [-0.3, -0.25) is 4.79 Å². The minimum absolute atomic E-state index is 0.165. The minimum atomic E-state index is -0.586. The SMILES string of the molecule is O=C1C2(CCC13COC(c1ccccc1)OC3)COC(c1ccccc1)OC2. The number of hydrogen-bond acceptors (Lipinski definition) is 5. The first-order valence-electron chi connectivity index (χ1n) is 9.82. The molecule has 5 nitrogen and oxygen atoms in total. The average molecular weight is 380 g/mol. The first kappa shape index (κ1) is 18.0. The van der Waals surface area contributed by atoms with Crippen molar-refractivity contribution in [3.63, 3.8) is 0 Å². The summed E-state index contributed by atoms with van der Waals surface area (Å²) >= 11 is 0. The molecule has 2 saturated heterocycles. The zero-order valence-electron chi connectivity index (χ0n) is 15.7. The summed E-state index contributed by atoms with van der Waals surface area (Å²) in [5.74, 6) is 0.165. The van der Waals surface area contributed by atoms with Gasteiger partial charge in [0.2, 0.25) is 0 Å². The Hall–Kier alpha value is -2.05. The fourth-order valence-electron chi connectivity index (χ4n) is 4.54. The Morgan fingerprint density at radius 1 is 0.607 bits per heavy atom. The Balaban J connectivity index is 1.25. The highest BCUT2D eigenvalue weighted by Gasteiger charge is 2.60. The molecular weight excluding hydrogens is 356 g/mol. The summed E-state index contributed by atoms with van der Waals surface area (Å²) in [6, 6.07) is 19.7. The molecule has 2 spiro atoms. The van der Waals surface area contributed by atoms with E-state index in [1.165, 1.54) is 0 Å². The van der Waals surface area contributed by atoms with Gasteiger partial charge in [0.15, 0.2) is 18.4 Å². The maximum Gasteiger partial charge on any atom is 0.183 e. The van der Waals surface area contributed by atoms with Crippen molar-refractivity contribution in [2.24, 2.45) is 10.8 Å². The number of benzene rings is 2. The van der Waals surface area contributed by atoms with Crippen LogP contribution in [0.3, 0.4) is 0 Å². The standard InChI is InChI=1S/C23H24O5/c24-21-22(13-25-19(26-14-22)17-7-3-1-4-8-17)11-12-23(21)15-27-20(28-16-23)18-9-5-2-6-10-18/h1-10,19-20H,11-16H2. The van der Waals surface area contributed by atoms with Gasteiger partial charge < -0.3 is 18.9 Å². The maximum absolute atomic E-state index is 13.4. The Labute approximate surface area is 164 Å². The van der Waals surface area contributed by atoms with E-state index in [4.69, 9.17) is 18.9 Å². The number of ketones is 1. The number of Topliss-reactive ketones (excluding diaryl/α,β-unsaturated/α-hetero) is 1. The van der Waals surface area contributed by atoms with Crippen molar-refractivity contribution in [2.45, 2.75) is 25.4 Å². The lowest BCUT2D eigenvalue weighted by Gasteiger charge is -2.40. The predicted molar refractivity (Wildman–Crippen MR) is 101 cm³/mol. The lowest BCUT2D eigenvalue weighted by atomic mass is 9.78. The monoisotopic (exact) mass is 380 g/mol. The molecule has 2 aliphatic heterocycles. The van der Waals surface area contributed by atoms with E-state index in [0.717, 1.165) is 24.0 Å². The summed E-state index contributed by atoms with van der Waals surface area (Å²) in [5, 5.41) is 0. The van der Waals surface area contributed by atoms with Crippen LogP contribution in [0.2, 0.25) is 0 Å². The van der Waals surface area contributed by atoms with Crippen molar-refractivity contribution < 1.29 is 23.7 Å². The molecule has 3 fully saturated rings. The number of ether oxygens (including phenoxy) is 4. The normalized spacial score (nSPS) is 35.5. The molecule has 5 rings (SSSR count). The van der Waals surface area contributed by atoms with E-state index in [1.807, 2.05) is 60.7 Å². The average Bonchev–Trinajstić information content (AvgIpc) is 3.02. The zero-order valence-corrected chi connectivity index (χ0v) is 15.7. The van der Waals surface area contributed by atoms with Gasteiger partial charge in [-0.15, -0.1) is 0 Å². The fourth-order valence-corrected chi connectivity index (χ4v) is 4.54. The molecule has 2 aromatic carbocycles. The molecule has 0 N–H and O–H groups in total. The zero-order chi connectivity index (χ0) is 19.0. The van der Waals surface area contributed by atoms with Gasteiger partial charge >= 0.3 is 0 Å². The second-order valence-electron chi connectivity index (χ2n) is 8.12. The highest BCUT2D eigenvalue weighted by Crippen LogP contribution is 2.51. The van der Waals surface area contributed by atoms with Crippen molar-refractivity contribution in [3.8, 4) is 0 Å². The lowest BCUT2D eigenvalue weighted by Crippen LogP contribution is -2.50. The highest BCUT2D eigenvalue weighted by molar-refractivity contribution is 5.93.